The fourth-order valence-electron chi connectivity index (χ4n) is 4.13. The number of benzene rings is 4. The van der Waals surface area contributed by atoms with Crippen molar-refractivity contribution in [2.75, 3.05) is 15.8 Å². The highest BCUT2D eigenvalue weighted by atomic mass is 35.5. The summed E-state index contributed by atoms with van der Waals surface area (Å²) >= 11 is 7.53. The van der Waals surface area contributed by atoms with Crippen LogP contribution in [0.15, 0.2) is 108 Å². The van der Waals surface area contributed by atoms with Crippen molar-refractivity contribution in [3.8, 4) is 0 Å². The third-order valence-electron chi connectivity index (χ3n) is 6.14. The van der Waals surface area contributed by atoms with Crippen molar-refractivity contribution < 1.29 is 18.0 Å². The number of halogens is 1. The molecule has 4 aromatic rings. The number of rotatable bonds is 8. The fourth-order valence-corrected chi connectivity index (χ4v) is 6.50. The van der Waals surface area contributed by atoms with Crippen LogP contribution in [0.2, 0.25) is 5.02 Å². The summed E-state index contributed by atoms with van der Waals surface area (Å²) < 4.78 is 27.8. The Morgan fingerprint density at radius 1 is 0.872 bits per heavy atom. The van der Waals surface area contributed by atoms with Gasteiger partial charge in [0, 0.05) is 28.5 Å². The molecule has 1 fully saturated rings. The summed E-state index contributed by atoms with van der Waals surface area (Å²) in [5.41, 5.74) is 3.29. The average Bonchev–Trinajstić information content (AvgIpc) is 3.30. The molecule has 1 saturated heterocycles. The number of nitrogens with one attached hydrogen (secondary N) is 2. The van der Waals surface area contributed by atoms with Crippen LogP contribution in [0, 0.1) is 0 Å². The molecule has 198 valence electrons. The molecule has 0 bridgehead atoms. The minimum absolute atomic E-state index is 0.0613. The van der Waals surface area contributed by atoms with E-state index in [1.165, 1.54) is 12.1 Å². The van der Waals surface area contributed by atoms with Crippen molar-refractivity contribution in [1.82, 2.24) is 4.90 Å². The summed E-state index contributed by atoms with van der Waals surface area (Å²) in [5.74, 6) is 0.131. The van der Waals surface area contributed by atoms with Crippen LogP contribution in [0.25, 0.3) is 0 Å². The second kappa shape index (κ2) is 11.5. The second-order valence-corrected chi connectivity index (χ2v) is 12.1. The van der Waals surface area contributed by atoms with Crippen LogP contribution in [0.1, 0.15) is 26.9 Å². The van der Waals surface area contributed by atoms with E-state index < -0.39 is 10.0 Å². The maximum absolute atomic E-state index is 12.8. The molecule has 39 heavy (non-hydrogen) atoms. The first-order chi connectivity index (χ1) is 18.8. The van der Waals surface area contributed by atoms with Crippen molar-refractivity contribution in [2.24, 2.45) is 0 Å². The van der Waals surface area contributed by atoms with E-state index in [1.807, 2.05) is 29.2 Å². The number of hydrogen-bond donors (Lipinski definition) is 2. The van der Waals surface area contributed by atoms with Gasteiger partial charge in [0.25, 0.3) is 15.9 Å². The first-order valence-electron chi connectivity index (χ1n) is 12.0. The molecule has 0 unspecified atom stereocenters. The summed E-state index contributed by atoms with van der Waals surface area (Å²) in [4.78, 5) is 27.3. The molecule has 7 nitrogen and oxygen atoms in total. The number of anilines is 2. The first kappa shape index (κ1) is 26.8. The molecule has 5 rings (SSSR count). The van der Waals surface area contributed by atoms with Gasteiger partial charge in [-0.05, 0) is 71.8 Å². The number of nitrogens with zero attached hydrogens (tertiary/aromatic N) is 1. The van der Waals surface area contributed by atoms with Crippen molar-refractivity contribution >= 4 is 56.6 Å². The predicted molar refractivity (Wildman–Crippen MR) is 155 cm³/mol. The first-order valence-corrected chi connectivity index (χ1v) is 14.9. The Morgan fingerprint density at radius 2 is 1.54 bits per heavy atom. The second-order valence-electron chi connectivity index (χ2n) is 8.88. The largest absolute Gasteiger partial charge is 0.322 e. The Labute approximate surface area is 236 Å². The average molecular weight is 578 g/mol. The van der Waals surface area contributed by atoms with Gasteiger partial charge in [0.1, 0.15) is 5.37 Å². The van der Waals surface area contributed by atoms with E-state index in [9.17, 15) is 18.0 Å². The van der Waals surface area contributed by atoms with Gasteiger partial charge in [-0.15, -0.1) is 11.8 Å². The minimum atomic E-state index is -3.75. The van der Waals surface area contributed by atoms with E-state index >= 15 is 0 Å². The van der Waals surface area contributed by atoms with Crippen molar-refractivity contribution in [3.63, 3.8) is 0 Å². The highest BCUT2D eigenvalue weighted by Gasteiger charge is 2.32. The lowest BCUT2D eigenvalue weighted by Gasteiger charge is -2.24. The molecule has 2 N–H and O–H groups in total. The Morgan fingerprint density at radius 3 is 2.21 bits per heavy atom. The standard InChI is InChI=1S/C29H24ClN3O4S2/c30-23-12-6-20(7-13-23)18-33-27(34)19-38-29(33)22-10-8-21(9-11-22)28(35)31-24-14-16-26(17-15-24)39(36,37)32-25-4-2-1-3-5-25/h1-17,29,32H,18-19H2,(H,31,35)/t29-/m0/s1. The van der Waals surface area contributed by atoms with E-state index in [-0.39, 0.29) is 22.1 Å². The summed E-state index contributed by atoms with van der Waals surface area (Å²) in [5, 5.41) is 3.29. The van der Waals surface area contributed by atoms with E-state index in [0.29, 0.717) is 34.3 Å². The number of carbonyl (C=O) groups excluding carboxylic acids is 2. The zero-order valence-corrected chi connectivity index (χ0v) is 23.0. The zero-order valence-electron chi connectivity index (χ0n) is 20.6. The molecule has 1 aliphatic rings. The third kappa shape index (κ3) is 6.44. The fraction of sp³-hybridized carbons (Fsp3) is 0.103. The lowest BCUT2D eigenvalue weighted by atomic mass is 10.1. The molecule has 2 amide bonds. The summed E-state index contributed by atoms with van der Waals surface area (Å²) in [6.07, 6.45) is 0. The number of thioether (sulfide) groups is 1. The van der Waals surface area contributed by atoms with Gasteiger partial charge in [-0.1, -0.05) is 54.1 Å². The van der Waals surface area contributed by atoms with Crippen LogP contribution in [0.5, 0.6) is 0 Å². The van der Waals surface area contributed by atoms with Crippen molar-refractivity contribution in [3.05, 3.63) is 125 Å². The third-order valence-corrected chi connectivity index (χ3v) is 9.05. The van der Waals surface area contributed by atoms with E-state index in [0.717, 1.165) is 11.1 Å². The summed E-state index contributed by atoms with van der Waals surface area (Å²) in [7, 11) is -3.75. The van der Waals surface area contributed by atoms with E-state index in [4.69, 9.17) is 11.6 Å². The lowest BCUT2D eigenvalue weighted by Crippen LogP contribution is -2.27. The topological polar surface area (TPSA) is 95.6 Å². The molecule has 0 radical (unpaired) electrons. The quantitative estimate of drug-likeness (QED) is 0.261. The molecule has 10 heteroatoms. The zero-order chi connectivity index (χ0) is 27.4. The van der Waals surface area contributed by atoms with Crippen LogP contribution in [-0.2, 0) is 21.4 Å². The number of carbonyl (C=O) groups is 2. The number of sulfonamides is 1. The van der Waals surface area contributed by atoms with Crippen LogP contribution in [-0.4, -0.2) is 30.9 Å². The Bertz CT molecular complexity index is 1580. The molecule has 1 heterocycles. The van der Waals surface area contributed by atoms with Gasteiger partial charge in [0.05, 0.1) is 10.6 Å². The predicted octanol–water partition coefficient (Wildman–Crippen LogP) is 6.17. The minimum Gasteiger partial charge on any atom is -0.322 e. The molecule has 1 aliphatic heterocycles. The summed E-state index contributed by atoms with van der Waals surface area (Å²) in [6, 6.07) is 29.1. The molecule has 0 spiro atoms. The number of amides is 2. The monoisotopic (exact) mass is 577 g/mol. The molecule has 0 aromatic heterocycles. The highest BCUT2D eigenvalue weighted by molar-refractivity contribution is 8.00. The van der Waals surface area contributed by atoms with Gasteiger partial charge in [0.2, 0.25) is 5.91 Å². The number of hydrogen-bond acceptors (Lipinski definition) is 5. The van der Waals surface area contributed by atoms with Gasteiger partial charge in [-0.2, -0.15) is 0 Å². The van der Waals surface area contributed by atoms with E-state index in [2.05, 4.69) is 10.0 Å². The molecule has 4 aromatic carbocycles. The van der Waals surface area contributed by atoms with Crippen molar-refractivity contribution in [2.45, 2.75) is 16.8 Å². The molecule has 1 atom stereocenters. The SMILES string of the molecule is O=C(Nc1ccc(S(=O)(=O)Nc2ccccc2)cc1)c1ccc([C@@H]2SCC(=O)N2Cc2ccc(Cl)cc2)cc1. The Balaban J connectivity index is 1.23. The van der Waals surface area contributed by atoms with Crippen LogP contribution in [0.4, 0.5) is 11.4 Å². The number of para-hydroxylation sites is 1. The van der Waals surface area contributed by atoms with Gasteiger partial charge in [0.15, 0.2) is 0 Å². The van der Waals surface area contributed by atoms with E-state index in [1.54, 1.807) is 78.5 Å². The molecular formula is C29H24ClN3O4S2. The highest BCUT2D eigenvalue weighted by Crippen LogP contribution is 2.39. The van der Waals surface area contributed by atoms with Gasteiger partial charge in [-0.25, -0.2) is 8.42 Å². The lowest BCUT2D eigenvalue weighted by molar-refractivity contribution is -0.128. The maximum Gasteiger partial charge on any atom is 0.261 e. The maximum atomic E-state index is 12.8. The van der Waals surface area contributed by atoms with Gasteiger partial charge in [-0.3, -0.25) is 14.3 Å². The van der Waals surface area contributed by atoms with Crippen molar-refractivity contribution in [1.29, 1.82) is 0 Å². The normalized spacial score (nSPS) is 15.3. The Kier molecular flexibility index (Phi) is 7.92. The van der Waals surface area contributed by atoms with Crippen LogP contribution < -0.4 is 10.0 Å². The summed E-state index contributed by atoms with van der Waals surface area (Å²) in [6.45, 7) is 0.475. The molecule has 0 aliphatic carbocycles. The van der Waals surface area contributed by atoms with Gasteiger partial charge >= 0.3 is 0 Å². The Hall–Kier alpha value is -3.79. The smallest absolute Gasteiger partial charge is 0.261 e. The molecule has 0 saturated carbocycles. The van der Waals surface area contributed by atoms with Crippen LogP contribution >= 0.6 is 23.4 Å². The van der Waals surface area contributed by atoms with Gasteiger partial charge < -0.3 is 10.2 Å². The van der Waals surface area contributed by atoms with Crippen LogP contribution in [0.3, 0.4) is 0 Å². The molecular weight excluding hydrogens is 554 g/mol.